The number of carbonyl (C=O) groups excluding carboxylic acids is 2. The van der Waals surface area contributed by atoms with Crippen LogP contribution < -0.4 is 9.64 Å². The second-order valence-corrected chi connectivity index (χ2v) is 3.37. The third kappa shape index (κ3) is 9.97. The lowest BCUT2D eigenvalue weighted by atomic mass is 10.2. The highest BCUT2D eigenvalue weighted by molar-refractivity contribution is 5.93. The quantitative estimate of drug-likeness (QED) is 0.579. The molecule has 1 rings (SSSR count). The predicted molar refractivity (Wildman–Crippen MR) is 95.5 cm³/mol. The molecular weight excluding hydrogens is 278 g/mol. The van der Waals surface area contributed by atoms with Crippen molar-refractivity contribution in [3.05, 3.63) is 24.3 Å². The predicted octanol–water partition coefficient (Wildman–Crippen LogP) is 5.06. The molecule has 0 aliphatic rings. The lowest BCUT2D eigenvalue weighted by Gasteiger charge is -2.18. The van der Waals surface area contributed by atoms with Crippen LogP contribution in [0.15, 0.2) is 24.3 Å². The van der Waals surface area contributed by atoms with Gasteiger partial charge in [0.1, 0.15) is 0 Å². The van der Waals surface area contributed by atoms with E-state index >= 15 is 0 Å². The Balaban J connectivity index is -0.000000535. The number of benzene rings is 1. The Labute approximate surface area is 136 Å². The maximum Gasteiger partial charge on any atom is 0.310 e. The van der Waals surface area contributed by atoms with Gasteiger partial charge < -0.3 is 9.64 Å². The van der Waals surface area contributed by atoms with Crippen LogP contribution in [0.3, 0.4) is 0 Å². The zero-order valence-corrected chi connectivity index (χ0v) is 15.7. The van der Waals surface area contributed by atoms with Crippen LogP contribution in [0.25, 0.3) is 0 Å². The van der Waals surface area contributed by atoms with E-state index in [1.807, 2.05) is 41.5 Å². The van der Waals surface area contributed by atoms with E-state index in [1.54, 1.807) is 38.2 Å². The van der Waals surface area contributed by atoms with Gasteiger partial charge in [0, 0.05) is 20.4 Å². The molecule has 0 atom stereocenters. The number of ether oxygens (including phenoxy) is 1. The topological polar surface area (TPSA) is 46.6 Å². The standard InChI is InChI=1S/C12H15NO3.3C2H6/c1-4-12(15)16-11-8-6-5-7-10(11)13(3)9(2)14;3*1-2/h5-8H,4H2,1-3H3;3*1-2H3. The molecule has 0 unspecified atom stereocenters. The highest BCUT2D eigenvalue weighted by Crippen LogP contribution is 2.27. The highest BCUT2D eigenvalue weighted by Gasteiger charge is 2.13. The highest BCUT2D eigenvalue weighted by atomic mass is 16.5. The van der Waals surface area contributed by atoms with Gasteiger partial charge >= 0.3 is 5.97 Å². The molecule has 0 aliphatic carbocycles. The van der Waals surface area contributed by atoms with Crippen molar-refractivity contribution in [2.24, 2.45) is 0 Å². The fourth-order valence-electron chi connectivity index (χ4n) is 1.19. The first-order valence-corrected chi connectivity index (χ1v) is 8.10. The zero-order chi connectivity index (χ0) is 18.1. The third-order valence-corrected chi connectivity index (χ3v) is 2.21. The average molecular weight is 311 g/mol. The minimum Gasteiger partial charge on any atom is -0.424 e. The summed E-state index contributed by atoms with van der Waals surface area (Å²) in [6.07, 6.45) is 0.304. The molecule has 0 aromatic heterocycles. The van der Waals surface area contributed by atoms with Gasteiger partial charge in [-0.1, -0.05) is 60.6 Å². The van der Waals surface area contributed by atoms with Crippen molar-refractivity contribution < 1.29 is 14.3 Å². The summed E-state index contributed by atoms with van der Waals surface area (Å²) in [5.74, 6) is -0.0172. The molecule has 1 amide bonds. The summed E-state index contributed by atoms with van der Waals surface area (Å²) in [7, 11) is 1.64. The molecule has 0 bridgehead atoms. The van der Waals surface area contributed by atoms with E-state index in [9.17, 15) is 9.59 Å². The summed E-state index contributed by atoms with van der Waals surface area (Å²) in [4.78, 5) is 23.9. The molecule has 1 aromatic carbocycles. The zero-order valence-electron chi connectivity index (χ0n) is 15.7. The summed E-state index contributed by atoms with van der Waals surface area (Å²) in [6.45, 7) is 15.2. The van der Waals surface area contributed by atoms with Crippen molar-refractivity contribution in [3.63, 3.8) is 0 Å². The Bertz CT molecular complexity index is 403. The number of para-hydroxylation sites is 2. The first-order valence-electron chi connectivity index (χ1n) is 8.10. The number of nitrogens with zero attached hydrogens (tertiary/aromatic N) is 1. The molecule has 0 N–H and O–H groups in total. The monoisotopic (exact) mass is 311 g/mol. The Kier molecular flexibility index (Phi) is 19.7. The molecular formula is C18H33NO3. The number of amides is 1. The number of rotatable bonds is 3. The Morgan fingerprint density at radius 3 is 1.86 bits per heavy atom. The van der Waals surface area contributed by atoms with Crippen LogP contribution >= 0.6 is 0 Å². The first-order chi connectivity index (χ1) is 10.6. The van der Waals surface area contributed by atoms with E-state index in [4.69, 9.17) is 4.74 Å². The lowest BCUT2D eigenvalue weighted by molar-refractivity contribution is -0.134. The van der Waals surface area contributed by atoms with E-state index in [1.165, 1.54) is 11.8 Å². The maximum atomic E-state index is 11.2. The van der Waals surface area contributed by atoms with Crippen LogP contribution in [-0.2, 0) is 9.59 Å². The molecule has 0 radical (unpaired) electrons. The number of hydrogen-bond acceptors (Lipinski definition) is 3. The van der Waals surface area contributed by atoms with Gasteiger partial charge in [0.25, 0.3) is 0 Å². The number of anilines is 1. The first kappa shape index (κ1) is 25.1. The summed E-state index contributed by atoms with van der Waals surface area (Å²) >= 11 is 0. The molecule has 0 saturated heterocycles. The molecule has 4 nitrogen and oxygen atoms in total. The van der Waals surface area contributed by atoms with Gasteiger partial charge in [0.15, 0.2) is 5.75 Å². The van der Waals surface area contributed by atoms with Gasteiger partial charge in [-0.3, -0.25) is 9.59 Å². The molecule has 0 fully saturated rings. The van der Waals surface area contributed by atoms with Gasteiger partial charge in [-0.15, -0.1) is 0 Å². The van der Waals surface area contributed by atoms with Gasteiger partial charge in [0.05, 0.1) is 5.69 Å². The Morgan fingerprint density at radius 1 is 1.00 bits per heavy atom. The molecule has 4 heteroatoms. The normalized spacial score (nSPS) is 7.86. The van der Waals surface area contributed by atoms with Crippen LogP contribution in [0.1, 0.15) is 61.8 Å². The molecule has 0 heterocycles. The van der Waals surface area contributed by atoms with E-state index < -0.39 is 0 Å². The molecule has 0 spiro atoms. The smallest absolute Gasteiger partial charge is 0.310 e. The average Bonchev–Trinajstić information content (AvgIpc) is 2.60. The largest absolute Gasteiger partial charge is 0.424 e. The van der Waals surface area contributed by atoms with Crippen LogP contribution in [0.2, 0.25) is 0 Å². The SMILES string of the molecule is CC.CC.CC.CCC(=O)Oc1ccccc1N(C)C(C)=O. The fraction of sp³-hybridized carbons (Fsp3) is 0.556. The van der Waals surface area contributed by atoms with Crippen LogP contribution in [0.4, 0.5) is 5.69 Å². The number of esters is 1. The van der Waals surface area contributed by atoms with E-state index in [-0.39, 0.29) is 11.9 Å². The van der Waals surface area contributed by atoms with Crippen molar-refractivity contribution >= 4 is 17.6 Å². The lowest BCUT2D eigenvalue weighted by Crippen LogP contribution is -2.23. The summed E-state index contributed by atoms with van der Waals surface area (Å²) in [5.41, 5.74) is 0.594. The Hall–Kier alpha value is -1.84. The Morgan fingerprint density at radius 2 is 1.45 bits per heavy atom. The van der Waals surface area contributed by atoms with Crippen LogP contribution in [0, 0.1) is 0 Å². The molecule has 0 aliphatic heterocycles. The minimum absolute atomic E-state index is 0.111. The van der Waals surface area contributed by atoms with Crippen molar-refractivity contribution in [1.29, 1.82) is 0 Å². The van der Waals surface area contributed by atoms with E-state index in [2.05, 4.69) is 0 Å². The molecule has 22 heavy (non-hydrogen) atoms. The van der Waals surface area contributed by atoms with Gasteiger partial charge in [-0.2, -0.15) is 0 Å². The van der Waals surface area contributed by atoms with Gasteiger partial charge in [-0.25, -0.2) is 0 Å². The van der Waals surface area contributed by atoms with Crippen LogP contribution in [0.5, 0.6) is 5.75 Å². The molecule has 1 aromatic rings. The summed E-state index contributed by atoms with van der Waals surface area (Å²) in [6, 6.07) is 6.95. The van der Waals surface area contributed by atoms with E-state index in [0.717, 1.165) is 0 Å². The van der Waals surface area contributed by atoms with Crippen molar-refractivity contribution in [2.45, 2.75) is 61.8 Å². The molecule has 0 saturated carbocycles. The fourth-order valence-corrected chi connectivity index (χ4v) is 1.19. The van der Waals surface area contributed by atoms with Crippen molar-refractivity contribution in [2.75, 3.05) is 11.9 Å². The maximum absolute atomic E-state index is 11.2. The number of hydrogen-bond donors (Lipinski definition) is 0. The minimum atomic E-state index is -0.315. The molecule has 128 valence electrons. The second-order valence-electron chi connectivity index (χ2n) is 3.37. The van der Waals surface area contributed by atoms with Crippen molar-refractivity contribution in [1.82, 2.24) is 0 Å². The van der Waals surface area contributed by atoms with Gasteiger partial charge in [-0.05, 0) is 12.1 Å². The van der Waals surface area contributed by atoms with Crippen LogP contribution in [-0.4, -0.2) is 18.9 Å². The second kappa shape index (κ2) is 17.2. The summed E-state index contributed by atoms with van der Waals surface area (Å²) < 4.78 is 5.13. The third-order valence-electron chi connectivity index (χ3n) is 2.21. The van der Waals surface area contributed by atoms with Gasteiger partial charge in [0.2, 0.25) is 5.91 Å². The number of carbonyl (C=O) groups is 2. The van der Waals surface area contributed by atoms with Crippen molar-refractivity contribution in [3.8, 4) is 5.75 Å². The van der Waals surface area contributed by atoms with E-state index in [0.29, 0.717) is 17.9 Å². The summed E-state index contributed by atoms with van der Waals surface area (Å²) in [5, 5.41) is 0.